The summed E-state index contributed by atoms with van der Waals surface area (Å²) in [6.07, 6.45) is 1.42. The first-order valence-corrected chi connectivity index (χ1v) is 6.17. The van der Waals surface area contributed by atoms with Crippen molar-refractivity contribution in [1.82, 2.24) is 9.97 Å². The molecule has 1 aromatic heterocycles. The highest BCUT2D eigenvalue weighted by atomic mass is 19.1. The molecule has 0 saturated carbocycles. The highest BCUT2D eigenvalue weighted by molar-refractivity contribution is 6.08. The van der Waals surface area contributed by atoms with Crippen molar-refractivity contribution in [2.24, 2.45) is 0 Å². The van der Waals surface area contributed by atoms with E-state index in [1.165, 1.54) is 18.3 Å². The molecule has 3 rings (SSSR count). The van der Waals surface area contributed by atoms with Crippen molar-refractivity contribution in [3.63, 3.8) is 0 Å². The van der Waals surface area contributed by atoms with Gasteiger partial charge in [0.1, 0.15) is 11.5 Å². The third-order valence-electron chi connectivity index (χ3n) is 2.99. The number of aromatic nitrogens is 2. The van der Waals surface area contributed by atoms with E-state index < -0.39 is 5.82 Å². The molecular formula is C16H11FN2O. The Morgan fingerprint density at radius 1 is 1.10 bits per heavy atom. The molecule has 0 N–H and O–H groups in total. The molecule has 3 aromatic rings. The Labute approximate surface area is 115 Å². The fourth-order valence-corrected chi connectivity index (χ4v) is 2.08. The van der Waals surface area contributed by atoms with E-state index >= 15 is 0 Å². The molecule has 0 saturated heterocycles. The number of hydrogen-bond acceptors (Lipinski definition) is 3. The summed E-state index contributed by atoms with van der Waals surface area (Å²) in [6.45, 7) is 1.74. The van der Waals surface area contributed by atoms with Crippen LogP contribution in [0.4, 0.5) is 4.39 Å². The van der Waals surface area contributed by atoms with E-state index in [0.717, 1.165) is 5.52 Å². The van der Waals surface area contributed by atoms with Gasteiger partial charge in [-0.3, -0.25) is 9.78 Å². The fraction of sp³-hybridized carbons (Fsp3) is 0.0625. The fourth-order valence-electron chi connectivity index (χ4n) is 2.08. The maximum atomic E-state index is 13.4. The molecule has 98 valence electrons. The zero-order chi connectivity index (χ0) is 14.1. The van der Waals surface area contributed by atoms with Crippen LogP contribution in [0, 0.1) is 12.7 Å². The maximum Gasteiger partial charge on any atom is 0.213 e. The third-order valence-corrected chi connectivity index (χ3v) is 2.99. The van der Waals surface area contributed by atoms with Gasteiger partial charge in [0, 0.05) is 5.56 Å². The molecule has 0 atom stereocenters. The second kappa shape index (κ2) is 4.81. The second-order valence-corrected chi connectivity index (χ2v) is 4.59. The minimum Gasteiger partial charge on any atom is -0.287 e. The summed E-state index contributed by atoms with van der Waals surface area (Å²) >= 11 is 0. The quantitative estimate of drug-likeness (QED) is 0.668. The van der Waals surface area contributed by atoms with Crippen molar-refractivity contribution in [2.75, 3.05) is 0 Å². The van der Waals surface area contributed by atoms with Crippen LogP contribution in [-0.4, -0.2) is 15.8 Å². The van der Waals surface area contributed by atoms with Crippen LogP contribution in [0.15, 0.2) is 48.7 Å². The van der Waals surface area contributed by atoms with Gasteiger partial charge in [-0.2, -0.15) is 0 Å². The molecule has 0 amide bonds. The van der Waals surface area contributed by atoms with Crippen LogP contribution in [0.5, 0.6) is 0 Å². The van der Waals surface area contributed by atoms with Gasteiger partial charge in [-0.15, -0.1) is 0 Å². The maximum absolute atomic E-state index is 13.4. The molecule has 4 heteroatoms. The van der Waals surface area contributed by atoms with Crippen molar-refractivity contribution >= 4 is 16.8 Å². The monoisotopic (exact) mass is 266 g/mol. The van der Waals surface area contributed by atoms with Crippen molar-refractivity contribution < 1.29 is 9.18 Å². The number of carbonyl (C=O) groups is 1. The Balaban J connectivity index is 2.07. The summed E-state index contributed by atoms with van der Waals surface area (Å²) in [7, 11) is 0. The largest absolute Gasteiger partial charge is 0.287 e. The smallest absolute Gasteiger partial charge is 0.213 e. The number of rotatable bonds is 2. The molecule has 2 aromatic carbocycles. The number of aryl methyl sites for hydroxylation is 1. The number of para-hydroxylation sites is 2. The van der Waals surface area contributed by atoms with Crippen LogP contribution < -0.4 is 0 Å². The van der Waals surface area contributed by atoms with Gasteiger partial charge >= 0.3 is 0 Å². The zero-order valence-corrected chi connectivity index (χ0v) is 10.8. The van der Waals surface area contributed by atoms with Crippen molar-refractivity contribution in [3.05, 3.63) is 71.3 Å². The Kier molecular flexibility index (Phi) is 2.99. The Morgan fingerprint density at radius 3 is 2.60 bits per heavy atom. The normalized spacial score (nSPS) is 10.7. The number of ketones is 1. The Bertz CT molecular complexity index is 794. The number of fused-ring (bicyclic) bond motifs is 1. The molecule has 0 aliphatic carbocycles. The predicted octanol–water partition coefficient (Wildman–Crippen LogP) is 3.31. The van der Waals surface area contributed by atoms with Crippen molar-refractivity contribution in [1.29, 1.82) is 0 Å². The van der Waals surface area contributed by atoms with Crippen LogP contribution >= 0.6 is 0 Å². The summed E-state index contributed by atoms with van der Waals surface area (Å²) in [5.74, 6) is -0.757. The van der Waals surface area contributed by atoms with Crippen molar-refractivity contribution in [2.45, 2.75) is 6.92 Å². The summed E-state index contributed by atoms with van der Waals surface area (Å²) in [5.41, 5.74) is 2.56. The van der Waals surface area contributed by atoms with E-state index in [4.69, 9.17) is 0 Å². The molecule has 20 heavy (non-hydrogen) atoms. The van der Waals surface area contributed by atoms with Crippen LogP contribution in [0.2, 0.25) is 0 Å². The van der Waals surface area contributed by atoms with Crippen LogP contribution in [-0.2, 0) is 0 Å². The molecule has 0 aliphatic rings. The summed E-state index contributed by atoms with van der Waals surface area (Å²) in [6, 6.07) is 11.5. The molecule has 0 fully saturated rings. The molecule has 0 aliphatic heterocycles. The molecular weight excluding hydrogens is 255 g/mol. The minimum absolute atomic E-state index is 0.216. The van der Waals surface area contributed by atoms with Crippen LogP contribution in [0.25, 0.3) is 11.0 Å². The van der Waals surface area contributed by atoms with Gasteiger partial charge in [0.15, 0.2) is 0 Å². The molecule has 0 radical (unpaired) electrons. The van der Waals surface area contributed by atoms with Gasteiger partial charge < -0.3 is 0 Å². The Morgan fingerprint density at radius 2 is 1.85 bits per heavy atom. The Hall–Kier alpha value is -2.62. The molecule has 0 spiro atoms. The number of benzene rings is 2. The van der Waals surface area contributed by atoms with Gasteiger partial charge in [0.25, 0.3) is 0 Å². The lowest BCUT2D eigenvalue weighted by molar-refractivity contribution is 0.103. The SMILES string of the molecule is Cc1cc(F)cc(C(=O)c2cnc3ccccc3n2)c1. The van der Waals surface area contributed by atoms with Crippen molar-refractivity contribution in [3.8, 4) is 0 Å². The summed E-state index contributed by atoms with van der Waals surface area (Å²) in [5, 5.41) is 0. The summed E-state index contributed by atoms with van der Waals surface area (Å²) < 4.78 is 13.4. The van der Waals surface area contributed by atoms with E-state index in [1.807, 2.05) is 18.2 Å². The highest BCUT2D eigenvalue weighted by Gasteiger charge is 2.13. The van der Waals surface area contributed by atoms with Crippen LogP contribution in [0.1, 0.15) is 21.6 Å². The highest BCUT2D eigenvalue weighted by Crippen LogP contribution is 2.14. The van der Waals surface area contributed by atoms with E-state index in [9.17, 15) is 9.18 Å². The van der Waals surface area contributed by atoms with E-state index in [2.05, 4.69) is 9.97 Å². The van der Waals surface area contributed by atoms with Gasteiger partial charge in [-0.25, -0.2) is 9.37 Å². The number of nitrogens with zero attached hydrogens (tertiary/aromatic N) is 2. The lowest BCUT2D eigenvalue weighted by atomic mass is 10.1. The summed E-state index contributed by atoms with van der Waals surface area (Å²) in [4.78, 5) is 20.8. The van der Waals surface area contributed by atoms with Gasteiger partial charge in [0.2, 0.25) is 5.78 Å². The number of halogens is 1. The molecule has 0 bridgehead atoms. The van der Waals surface area contributed by atoms with Gasteiger partial charge in [0.05, 0.1) is 17.2 Å². The second-order valence-electron chi connectivity index (χ2n) is 4.59. The van der Waals surface area contributed by atoms with Crippen LogP contribution in [0.3, 0.4) is 0 Å². The first-order chi connectivity index (χ1) is 9.63. The first kappa shape index (κ1) is 12.4. The van der Waals surface area contributed by atoms with E-state index in [1.54, 1.807) is 19.1 Å². The topological polar surface area (TPSA) is 42.9 Å². The van der Waals surface area contributed by atoms with E-state index in [-0.39, 0.29) is 17.0 Å². The lowest BCUT2D eigenvalue weighted by Crippen LogP contribution is -2.06. The average Bonchev–Trinajstić information content (AvgIpc) is 2.45. The molecule has 1 heterocycles. The number of hydrogen-bond donors (Lipinski definition) is 0. The zero-order valence-electron chi connectivity index (χ0n) is 10.8. The molecule has 0 unspecified atom stereocenters. The number of carbonyl (C=O) groups excluding carboxylic acids is 1. The standard InChI is InChI=1S/C16H11FN2O/c1-10-6-11(8-12(17)7-10)16(20)15-9-18-13-4-2-3-5-14(13)19-15/h2-9H,1H3. The van der Waals surface area contributed by atoms with Gasteiger partial charge in [-0.1, -0.05) is 12.1 Å². The average molecular weight is 266 g/mol. The minimum atomic E-state index is -0.429. The van der Waals surface area contributed by atoms with E-state index in [0.29, 0.717) is 11.1 Å². The predicted molar refractivity (Wildman–Crippen MR) is 74.1 cm³/mol. The molecule has 3 nitrogen and oxygen atoms in total. The lowest BCUT2D eigenvalue weighted by Gasteiger charge is -2.03. The first-order valence-electron chi connectivity index (χ1n) is 6.17. The van der Waals surface area contributed by atoms with Gasteiger partial charge in [-0.05, 0) is 42.8 Å². The third kappa shape index (κ3) is 2.28.